The van der Waals surface area contributed by atoms with E-state index in [0.29, 0.717) is 36.3 Å². The average molecular weight is 204 g/mol. The van der Waals surface area contributed by atoms with E-state index in [-0.39, 0.29) is 6.54 Å². The van der Waals surface area contributed by atoms with Crippen LogP contribution in [0.2, 0.25) is 0 Å². The third kappa shape index (κ3) is 2.45. The molecule has 13 heavy (non-hydrogen) atoms. The van der Waals surface area contributed by atoms with Gasteiger partial charge in [-0.15, -0.1) is 0 Å². The number of allylic oxidation sites excluding steroid dienone is 1. The number of carbonyl (C=O) groups is 2. The van der Waals surface area contributed by atoms with Crippen LogP contribution in [0, 0.1) is 0 Å². The molecule has 1 heterocycles. The second-order valence-electron chi connectivity index (χ2n) is 2.86. The molecule has 0 aliphatic carbocycles. The normalized spacial score (nSPS) is 18.4. The van der Waals surface area contributed by atoms with Crippen molar-refractivity contribution in [3.05, 3.63) is 10.6 Å². The van der Waals surface area contributed by atoms with Gasteiger partial charge in [0.25, 0.3) is 0 Å². The highest BCUT2D eigenvalue weighted by Gasteiger charge is 2.18. The molecule has 0 fully saturated rings. The van der Waals surface area contributed by atoms with Gasteiger partial charge in [0.2, 0.25) is 0 Å². The number of halogens is 1. The molecular weight excluding hydrogens is 194 g/mol. The molecule has 1 rings (SSSR count). The van der Waals surface area contributed by atoms with E-state index in [1.54, 1.807) is 0 Å². The van der Waals surface area contributed by atoms with Crippen LogP contribution >= 0.6 is 11.6 Å². The van der Waals surface area contributed by atoms with Crippen LogP contribution in [-0.2, 0) is 4.79 Å². The first-order valence-corrected chi connectivity index (χ1v) is 4.33. The first-order chi connectivity index (χ1) is 6.15. The summed E-state index contributed by atoms with van der Waals surface area (Å²) in [4.78, 5) is 22.3. The Labute approximate surface area is 80.8 Å². The Morgan fingerprint density at radius 1 is 1.62 bits per heavy atom. The molecule has 1 amide bonds. The van der Waals surface area contributed by atoms with Gasteiger partial charge in [-0.05, 0) is 12.8 Å². The lowest BCUT2D eigenvalue weighted by atomic mass is 10.2. The number of hydrogen-bond donors (Lipinski definition) is 1. The smallest absolute Gasteiger partial charge is 0.407 e. The van der Waals surface area contributed by atoms with Gasteiger partial charge in [-0.1, -0.05) is 11.6 Å². The first kappa shape index (κ1) is 10.1. The molecule has 72 valence electrons. The molecule has 1 aliphatic rings. The molecule has 0 bridgehead atoms. The van der Waals surface area contributed by atoms with E-state index in [0.717, 1.165) is 0 Å². The zero-order chi connectivity index (χ0) is 9.84. The summed E-state index contributed by atoms with van der Waals surface area (Å²) in [5.74, 6) is 0. The number of rotatable bonds is 1. The van der Waals surface area contributed by atoms with Crippen LogP contribution < -0.4 is 0 Å². The van der Waals surface area contributed by atoms with E-state index < -0.39 is 6.09 Å². The number of carboxylic acid groups (broad SMARTS) is 1. The largest absolute Gasteiger partial charge is 0.465 e. The zero-order valence-electron chi connectivity index (χ0n) is 6.99. The molecule has 0 saturated carbocycles. The van der Waals surface area contributed by atoms with Gasteiger partial charge in [-0.25, -0.2) is 4.79 Å². The highest BCUT2D eigenvalue weighted by molar-refractivity contribution is 6.31. The summed E-state index contributed by atoms with van der Waals surface area (Å²) in [6.45, 7) is 0.542. The fourth-order valence-electron chi connectivity index (χ4n) is 1.22. The van der Waals surface area contributed by atoms with Crippen LogP contribution in [-0.4, -0.2) is 35.5 Å². The molecule has 0 aromatic carbocycles. The monoisotopic (exact) mass is 203 g/mol. The number of hydrogen-bond acceptors (Lipinski definition) is 2. The van der Waals surface area contributed by atoms with Gasteiger partial charge in [-0.3, -0.25) is 4.79 Å². The second kappa shape index (κ2) is 4.28. The minimum absolute atomic E-state index is 0.109. The standard InChI is InChI=1S/C8H10ClNO3/c9-7-2-1-3-10(8(12)13)4-6(7)5-11/h5H,1-4H2,(H,12,13). The van der Waals surface area contributed by atoms with Crippen molar-refractivity contribution >= 4 is 24.0 Å². The maximum Gasteiger partial charge on any atom is 0.407 e. The van der Waals surface area contributed by atoms with Gasteiger partial charge in [0.1, 0.15) is 6.29 Å². The van der Waals surface area contributed by atoms with Crippen LogP contribution in [0.3, 0.4) is 0 Å². The van der Waals surface area contributed by atoms with Crippen molar-refractivity contribution in [1.29, 1.82) is 0 Å². The molecule has 1 N–H and O–H groups in total. The molecule has 0 atom stereocenters. The molecule has 0 aromatic heterocycles. The van der Waals surface area contributed by atoms with Crippen molar-refractivity contribution in [3.63, 3.8) is 0 Å². The van der Waals surface area contributed by atoms with Gasteiger partial charge < -0.3 is 10.0 Å². The number of amides is 1. The van der Waals surface area contributed by atoms with Gasteiger partial charge in [0.15, 0.2) is 0 Å². The average Bonchev–Trinajstić information content (AvgIpc) is 2.27. The molecule has 0 saturated heterocycles. The van der Waals surface area contributed by atoms with Crippen molar-refractivity contribution in [3.8, 4) is 0 Å². The molecular formula is C8H10ClNO3. The summed E-state index contributed by atoms with van der Waals surface area (Å²) in [5.41, 5.74) is 0.376. The summed E-state index contributed by atoms with van der Waals surface area (Å²) in [7, 11) is 0. The predicted octanol–water partition coefficient (Wildman–Crippen LogP) is 1.45. The number of nitrogens with zero attached hydrogens (tertiary/aromatic N) is 1. The van der Waals surface area contributed by atoms with Crippen LogP contribution in [0.25, 0.3) is 0 Å². The second-order valence-corrected chi connectivity index (χ2v) is 3.31. The first-order valence-electron chi connectivity index (χ1n) is 3.95. The van der Waals surface area contributed by atoms with Gasteiger partial charge >= 0.3 is 6.09 Å². The fourth-order valence-corrected chi connectivity index (χ4v) is 1.46. The minimum atomic E-state index is -1.01. The Kier molecular flexibility index (Phi) is 3.31. The third-order valence-corrected chi connectivity index (χ3v) is 2.38. The molecule has 5 heteroatoms. The Morgan fingerprint density at radius 2 is 2.31 bits per heavy atom. The molecule has 0 unspecified atom stereocenters. The fraction of sp³-hybridized carbons (Fsp3) is 0.500. The Balaban J connectivity index is 2.79. The van der Waals surface area contributed by atoms with Crippen LogP contribution in [0.4, 0.5) is 4.79 Å². The zero-order valence-corrected chi connectivity index (χ0v) is 7.75. The SMILES string of the molecule is O=CC1=C(Cl)CCCN(C(=O)O)C1. The summed E-state index contributed by atoms with van der Waals surface area (Å²) in [6.07, 6.45) is 0.872. The Bertz CT molecular complexity index is 262. The molecule has 4 nitrogen and oxygen atoms in total. The summed E-state index contributed by atoms with van der Waals surface area (Å²) < 4.78 is 0. The third-order valence-electron chi connectivity index (χ3n) is 1.95. The molecule has 1 aliphatic heterocycles. The maximum absolute atomic E-state index is 10.6. The number of aldehydes is 1. The van der Waals surface area contributed by atoms with E-state index in [9.17, 15) is 9.59 Å². The summed E-state index contributed by atoms with van der Waals surface area (Å²) in [6, 6.07) is 0. The lowest BCUT2D eigenvalue weighted by Gasteiger charge is -2.15. The van der Waals surface area contributed by atoms with Crippen LogP contribution in [0.5, 0.6) is 0 Å². The van der Waals surface area contributed by atoms with E-state index in [1.165, 1.54) is 4.90 Å². The quantitative estimate of drug-likeness (QED) is 0.657. The van der Waals surface area contributed by atoms with Gasteiger partial charge in [-0.2, -0.15) is 0 Å². The van der Waals surface area contributed by atoms with Crippen molar-refractivity contribution in [2.75, 3.05) is 13.1 Å². The summed E-state index contributed by atoms with van der Waals surface area (Å²) in [5, 5.41) is 9.19. The maximum atomic E-state index is 10.6. The van der Waals surface area contributed by atoms with Crippen molar-refractivity contribution in [1.82, 2.24) is 4.90 Å². The van der Waals surface area contributed by atoms with Gasteiger partial charge in [0.05, 0.1) is 6.54 Å². The van der Waals surface area contributed by atoms with E-state index in [4.69, 9.17) is 16.7 Å². The van der Waals surface area contributed by atoms with E-state index >= 15 is 0 Å². The van der Waals surface area contributed by atoms with E-state index in [1.807, 2.05) is 0 Å². The number of carbonyl (C=O) groups excluding carboxylic acids is 1. The minimum Gasteiger partial charge on any atom is -0.465 e. The summed E-state index contributed by atoms with van der Waals surface area (Å²) >= 11 is 5.79. The van der Waals surface area contributed by atoms with Crippen LogP contribution in [0.1, 0.15) is 12.8 Å². The molecule has 0 radical (unpaired) electrons. The van der Waals surface area contributed by atoms with Crippen LogP contribution in [0.15, 0.2) is 10.6 Å². The highest BCUT2D eigenvalue weighted by atomic mass is 35.5. The molecule has 0 aromatic rings. The topological polar surface area (TPSA) is 57.6 Å². The van der Waals surface area contributed by atoms with Crippen molar-refractivity contribution < 1.29 is 14.7 Å². The van der Waals surface area contributed by atoms with Gasteiger partial charge in [0, 0.05) is 17.2 Å². The lowest BCUT2D eigenvalue weighted by molar-refractivity contribution is -0.105. The van der Waals surface area contributed by atoms with Crippen molar-refractivity contribution in [2.45, 2.75) is 12.8 Å². The van der Waals surface area contributed by atoms with E-state index in [2.05, 4.69) is 0 Å². The lowest BCUT2D eigenvalue weighted by Crippen LogP contribution is -2.31. The highest BCUT2D eigenvalue weighted by Crippen LogP contribution is 2.19. The molecule has 0 spiro atoms. The Morgan fingerprint density at radius 3 is 2.85 bits per heavy atom. The Hall–Kier alpha value is -1.03. The predicted molar refractivity (Wildman–Crippen MR) is 47.8 cm³/mol. The van der Waals surface area contributed by atoms with Crippen molar-refractivity contribution in [2.24, 2.45) is 0 Å².